The van der Waals surface area contributed by atoms with Gasteiger partial charge in [0.2, 0.25) is 0 Å². The number of pyridine rings is 1. The zero-order valence-corrected chi connectivity index (χ0v) is 7.16. The van der Waals surface area contributed by atoms with E-state index in [1.54, 1.807) is 12.3 Å². The maximum Gasteiger partial charge on any atom is 0.153 e. The van der Waals surface area contributed by atoms with Gasteiger partial charge in [-0.3, -0.25) is 4.79 Å². The number of rotatable bonds is 2. The smallest absolute Gasteiger partial charge is 0.153 e. The Morgan fingerprint density at radius 1 is 1.69 bits per heavy atom. The number of nitrogens with zero attached hydrogens (tertiary/aromatic N) is 1. The summed E-state index contributed by atoms with van der Waals surface area (Å²) in [5.41, 5.74) is 7.02. The van der Waals surface area contributed by atoms with Crippen molar-refractivity contribution in [3.8, 4) is 0 Å². The van der Waals surface area contributed by atoms with E-state index in [9.17, 15) is 4.79 Å². The molecule has 1 fully saturated rings. The van der Waals surface area contributed by atoms with Crippen LogP contribution in [0.15, 0.2) is 12.3 Å². The summed E-state index contributed by atoms with van der Waals surface area (Å²) in [5.74, 6) is 0.304. The van der Waals surface area contributed by atoms with Gasteiger partial charge in [-0.2, -0.15) is 0 Å². The second kappa shape index (κ2) is 3.14. The van der Waals surface area contributed by atoms with Crippen molar-refractivity contribution < 1.29 is 4.79 Å². The highest BCUT2D eigenvalue weighted by molar-refractivity contribution is 5.81. The van der Waals surface area contributed by atoms with Crippen LogP contribution < -0.4 is 11.1 Å². The van der Waals surface area contributed by atoms with E-state index in [1.807, 2.05) is 0 Å². The zero-order chi connectivity index (χ0) is 9.26. The quantitative estimate of drug-likeness (QED) is 0.646. The van der Waals surface area contributed by atoms with Gasteiger partial charge >= 0.3 is 0 Å². The van der Waals surface area contributed by atoms with Gasteiger partial charge in [0.25, 0.3) is 0 Å². The molecule has 0 unspecified atom stereocenters. The molecule has 0 spiro atoms. The van der Waals surface area contributed by atoms with Gasteiger partial charge in [-0.1, -0.05) is 0 Å². The van der Waals surface area contributed by atoms with E-state index in [2.05, 4.69) is 10.3 Å². The molecule has 4 heteroatoms. The number of hydrogen-bond acceptors (Lipinski definition) is 4. The fraction of sp³-hybridized carbons (Fsp3) is 0.333. The molecule has 0 amide bonds. The normalized spacial score (nSPS) is 20.8. The van der Waals surface area contributed by atoms with Crippen molar-refractivity contribution in [2.75, 3.05) is 12.3 Å². The second-order valence-corrected chi connectivity index (χ2v) is 3.16. The van der Waals surface area contributed by atoms with Gasteiger partial charge in [0, 0.05) is 12.2 Å². The number of carbonyl (C=O) groups is 1. The van der Waals surface area contributed by atoms with Crippen LogP contribution >= 0.6 is 0 Å². The molecule has 0 saturated carbocycles. The van der Waals surface area contributed by atoms with Gasteiger partial charge in [-0.15, -0.1) is 0 Å². The fourth-order valence-electron chi connectivity index (χ4n) is 1.37. The van der Waals surface area contributed by atoms with Gasteiger partial charge in [0.1, 0.15) is 5.82 Å². The van der Waals surface area contributed by atoms with Crippen LogP contribution in [0.1, 0.15) is 28.4 Å². The van der Waals surface area contributed by atoms with Crippen LogP contribution in [0.5, 0.6) is 0 Å². The monoisotopic (exact) mass is 177 g/mol. The van der Waals surface area contributed by atoms with Crippen molar-refractivity contribution >= 4 is 12.1 Å². The number of carbonyl (C=O) groups excluding carboxylic acids is 1. The first-order chi connectivity index (χ1) is 6.31. The van der Waals surface area contributed by atoms with Crippen molar-refractivity contribution in [1.82, 2.24) is 10.3 Å². The Balaban J connectivity index is 2.31. The summed E-state index contributed by atoms with van der Waals surface area (Å²) in [6, 6.07) is 2.15. The molecule has 1 aromatic rings. The third-order valence-electron chi connectivity index (χ3n) is 2.32. The summed E-state index contributed by atoms with van der Waals surface area (Å²) in [7, 11) is 0. The minimum atomic E-state index is 0.304. The fourth-order valence-corrected chi connectivity index (χ4v) is 1.37. The number of nitrogens with two attached hydrogens (primary N) is 1. The minimum absolute atomic E-state index is 0.304. The van der Waals surface area contributed by atoms with Crippen LogP contribution in [0.3, 0.4) is 0 Å². The standard InChI is InChI=1S/C9H11N3O/c10-9-7(5-13)3-6(4-12-9)8-1-2-11-8/h3-5,8,11H,1-2H2,(H2,10,12)/t8-/m0/s1. The highest BCUT2D eigenvalue weighted by Crippen LogP contribution is 2.23. The summed E-state index contributed by atoms with van der Waals surface area (Å²) in [4.78, 5) is 14.5. The van der Waals surface area contributed by atoms with Crippen molar-refractivity contribution in [1.29, 1.82) is 0 Å². The molecule has 0 aromatic carbocycles. The van der Waals surface area contributed by atoms with E-state index in [-0.39, 0.29) is 0 Å². The van der Waals surface area contributed by atoms with Crippen LogP contribution in [-0.2, 0) is 0 Å². The second-order valence-electron chi connectivity index (χ2n) is 3.16. The Bertz CT molecular complexity index is 334. The molecular weight excluding hydrogens is 166 g/mol. The molecule has 4 nitrogen and oxygen atoms in total. The lowest BCUT2D eigenvalue weighted by Gasteiger charge is -2.27. The molecule has 1 aromatic heterocycles. The first-order valence-electron chi connectivity index (χ1n) is 4.25. The maximum absolute atomic E-state index is 10.6. The summed E-state index contributed by atoms with van der Waals surface area (Å²) in [6.07, 6.45) is 3.56. The number of nitrogens with one attached hydrogen (secondary N) is 1. The first kappa shape index (κ1) is 8.19. The van der Waals surface area contributed by atoms with Crippen LogP contribution in [0.25, 0.3) is 0 Å². The number of nitrogen functional groups attached to an aromatic ring is 1. The van der Waals surface area contributed by atoms with E-state index in [4.69, 9.17) is 5.73 Å². The maximum atomic E-state index is 10.6. The van der Waals surface area contributed by atoms with Gasteiger partial charge in [-0.25, -0.2) is 4.98 Å². The van der Waals surface area contributed by atoms with Crippen LogP contribution in [0.2, 0.25) is 0 Å². The third kappa shape index (κ3) is 1.40. The average molecular weight is 177 g/mol. The van der Waals surface area contributed by atoms with Crippen molar-refractivity contribution in [3.63, 3.8) is 0 Å². The molecular formula is C9H11N3O. The molecule has 1 atom stereocenters. The van der Waals surface area contributed by atoms with Crippen LogP contribution in [-0.4, -0.2) is 17.8 Å². The number of aromatic nitrogens is 1. The Hall–Kier alpha value is -1.42. The molecule has 0 aliphatic carbocycles. The SMILES string of the molecule is Nc1ncc([C@@H]2CCN2)cc1C=O. The first-order valence-corrected chi connectivity index (χ1v) is 4.25. The molecule has 3 N–H and O–H groups in total. The highest BCUT2D eigenvalue weighted by Gasteiger charge is 2.19. The molecule has 2 heterocycles. The molecule has 0 radical (unpaired) electrons. The zero-order valence-electron chi connectivity index (χ0n) is 7.16. The predicted octanol–water partition coefficient (Wildman–Crippen LogP) is 0.511. The van der Waals surface area contributed by atoms with E-state index in [0.29, 0.717) is 17.4 Å². The predicted molar refractivity (Wildman–Crippen MR) is 49.4 cm³/mol. The Morgan fingerprint density at radius 2 is 2.46 bits per heavy atom. The lowest BCUT2D eigenvalue weighted by atomic mass is 9.98. The van der Waals surface area contributed by atoms with Crippen molar-refractivity contribution in [2.45, 2.75) is 12.5 Å². The summed E-state index contributed by atoms with van der Waals surface area (Å²) >= 11 is 0. The summed E-state index contributed by atoms with van der Waals surface area (Å²) < 4.78 is 0. The lowest BCUT2D eigenvalue weighted by molar-refractivity contribution is 0.112. The van der Waals surface area contributed by atoms with Gasteiger partial charge in [0.05, 0.1) is 5.56 Å². The topological polar surface area (TPSA) is 68.0 Å². The minimum Gasteiger partial charge on any atom is -0.383 e. The lowest BCUT2D eigenvalue weighted by Crippen LogP contribution is -2.35. The molecule has 0 bridgehead atoms. The molecule has 1 aliphatic rings. The van der Waals surface area contributed by atoms with E-state index >= 15 is 0 Å². The van der Waals surface area contributed by atoms with Crippen molar-refractivity contribution in [3.05, 3.63) is 23.4 Å². The average Bonchev–Trinajstić information content (AvgIpc) is 2.05. The van der Waals surface area contributed by atoms with E-state index < -0.39 is 0 Å². The molecule has 1 aliphatic heterocycles. The molecule has 1 saturated heterocycles. The Labute approximate surface area is 76.2 Å². The third-order valence-corrected chi connectivity index (χ3v) is 2.32. The summed E-state index contributed by atoms with van der Waals surface area (Å²) in [5, 5.41) is 3.24. The molecule has 13 heavy (non-hydrogen) atoms. The largest absolute Gasteiger partial charge is 0.383 e. The number of hydrogen-bond donors (Lipinski definition) is 2. The van der Waals surface area contributed by atoms with E-state index in [0.717, 1.165) is 24.8 Å². The van der Waals surface area contributed by atoms with Gasteiger partial charge < -0.3 is 11.1 Å². The van der Waals surface area contributed by atoms with Gasteiger partial charge in [-0.05, 0) is 24.6 Å². The number of aldehydes is 1. The van der Waals surface area contributed by atoms with Gasteiger partial charge in [0.15, 0.2) is 6.29 Å². The molecule has 68 valence electrons. The Morgan fingerprint density at radius 3 is 3.00 bits per heavy atom. The van der Waals surface area contributed by atoms with Crippen LogP contribution in [0.4, 0.5) is 5.82 Å². The summed E-state index contributed by atoms with van der Waals surface area (Å²) in [6.45, 7) is 1.03. The molecule has 2 rings (SSSR count). The highest BCUT2D eigenvalue weighted by atomic mass is 16.1. The van der Waals surface area contributed by atoms with Crippen molar-refractivity contribution in [2.24, 2.45) is 0 Å². The van der Waals surface area contributed by atoms with E-state index in [1.165, 1.54) is 0 Å². The Kier molecular flexibility index (Phi) is 1.98. The van der Waals surface area contributed by atoms with Crippen LogP contribution in [0, 0.1) is 0 Å². The number of anilines is 1.